The van der Waals surface area contributed by atoms with E-state index in [0.717, 1.165) is 19.4 Å². The second-order valence-corrected chi connectivity index (χ2v) is 6.52. The lowest BCUT2D eigenvalue weighted by molar-refractivity contribution is -0.137. The minimum Gasteiger partial charge on any atom is -0.341 e. The Kier molecular flexibility index (Phi) is 6.84. The van der Waals surface area contributed by atoms with Crippen LogP contribution in [-0.2, 0) is 9.59 Å². The largest absolute Gasteiger partial charge is 0.341 e. The Balaban J connectivity index is 1.71. The molecule has 1 unspecified atom stereocenters. The molecule has 0 spiro atoms. The minimum absolute atomic E-state index is 0.00387. The molecule has 2 saturated heterocycles. The van der Waals surface area contributed by atoms with Gasteiger partial charge in [-0.25, -0.2) is 4.79 Å². The number of nitrogens with zero attached hydrogens (tertiary/aromatic N) is 3. The maximum absolute atomic E-state index is 12.5. The van der Waals surface area contributed by atoms with Crippen LogP contribution in [0, 0.1) is 0 Å². The zero-order chi connectivity index (χ0) is 17.5. The van der Waals surface area contributed by atoms with Gasteiger partial charge in [0.2, 0.25) is 11.8 Å². The van der Waals surface area contributed by atoms with Gasteiger partial charge in [0.15, 0.2) is 0 Å². The third kappa shape index (κ3) is 5.09. The van der Waals surface area contributed by atoms with Crippen LogP contribution < -0.4 is 10.6 Å². The van der Waals surface area contributed by atoms with E-state index in [4.69, 9.17) is 0 Å². The number of hydrogen-bond donors (Lipinski definition) is 2. The minimum atomic E-state index is -0.358. The molecule has 2 aliphatic heterocycles. The van der Waals surface area contributed by atoms with Gasteiger partial charge in [0.05, 0.1) is 13.1 Å². The van der Waals surface area contributed by atoms with Gasteiger partial charge in [-0.1, -0.05) is 0 Å². The number of piperazine rings is 1. The van der Waals surface area contributed by atoms with Crippen molar-refractivity contribution in [3.05, 3.63) is 0 Å². The van der Waals surface area contributed by atoms with Crippen molar-refractivity contribution in [2.45, 2.75) is 32.2 Å². The summed E-state index contributed by atoms with van der Waals surface area (Å²) in [7, 11) is 1.51. The molecule has 2 rings (SSSR count). The highest BCUT2D eigenvalue weighted by Gasteiger charge is 2.27. The van der Waals surface area contributed by atoms with Crippen molar-refractivity contribution in [2.24, 2.45) is 0 Å². The molecule has 0 aromatic rings. The van der Waals surface area contributed by atoms with Crippen LogP contribution in [0.5, 0.6) is 0 Å². The molecular weight excluding hydrogens is 310 g/mol. The van der Waals surface area contributed by atoms with Crippen LogP contribution in [0.15, 0.2) is 0 Å². The summed E-state index contributed by atoms with van der Waals surface area (Å²) in [5, 5.41) is 4.92. The second-order valence-electron chi connectivity index (χ2n) is 6.52. The van der Waals surface area contributed by atoms with Crippen LogP contribution in [0.3, 0.4) is 0 Å². The molecule has 0 saturated carbocycles. The van der Waals surface area contributed by atoms with E-state index in [1.54, 1.807) is 4.90 Å². The van der Waals surface area contributed by atoms with Crippen LogP contribution in [0.4, 0.5) is 4.79 Å². The summed E-state index contributed by atoms with van der Waals surface area (Å²) >= 11 is 0. The number of carbonyl (C=O) groups is 3. The van der Waals surface area contributed by atoms with Crippen molar-refractivity contribution in [1.29, 1.82) is 0 Å². The molecular formula is C16H29N5O3. The van der Waals surface area contributed by atoms with Gasteiger partial charge >= 0.3 is 6.03 Å². The lowest BCUT2D eigenvalue weighted by Crippen LogP contribution is -2.54. The van der Waals surface area contributed by atoms with Gasteiger partial charge in [-0.2, -0.15) is 0 Å². The van der Waals surface area contributed by atoms with E-state index in [-0.39, 0.29) is 24.4 Å². The van der Waals surface area contributed by atoms with Crippen LogP contribution in [-0.4, -0.2) is 91.4 Å². The molecule has 2 fully saturated rings. The van der Waals surface area contributed by atoms with Crippen molar-refractivity contribution >= 4 is 17.8 Å². The van der Waals surface area contributed by atoms with Gasteiger partial charge in [0.25, 0.3) is 0 Å². The maximum Gasteiger partial charge on any atom is 0.314 e. The maximum atomic E-state index is 12.5. The van der Waals surface area contributed by atoms with Crippen LogP contribution in [0.25, 0.3) is 0 Å². The molecule has 4 amide bonds. The van der Waals surface area contributed by atoms with Crippen LogP contribution in [0.2, 0.25) is 0 Å². The van der Waals surface area contributed by atoms with Gasteiger partial charge < -0.3 is 20.4 Å². The van der Waals surface area contributed by atoms with Crippen LogP contribution >= 0.6 is 0 Å². The first kappa shape index (κ1) is 18.5. The fourth-order valence-corrected chi connectivity index (χ4v) is 3.26. The normalized spacial score (nSPS) is 22.2. The molecule has 24 heavy (non-hydrogen) atoms. The SMILES string of the molecule is CNC(=O)NCC(=O)N1CCN(CC(=O)N2CCCCC2C)CC1. The van der Waals surface area contributed by atoms with Crippen molar-refractivity contribution in [3.8, 4) is 0 Å². The first-order chi connectivity index (χ1) is 11.5. The highest BCUT2D eigenvalue weighted by Crippen LogP contribution is 2.16. The van der Waals surface area contributed by atoms with E-state index in [1.807, 2.05) is 4.90 Å². The smallest absolute Gasteiger partial charge is 0.314 e. The average Bonchev–Trinajstić information content (AvgIpc) is 2.60. The highest BCUT2D eigenvalue weighted by molar-refractivity contribution is 5.84. The Bertz CT molecular complexity index is 463. The molecule has 2 aliphatic rings. The van der Waals surface area contributed by atoms with Gasteiger partial charge in [-0.05, 0) is 26.2 Å². The predicted molar refractivity (Wildman–Crippen MR) is 90.5 cm³/mol. The molecule has 0 aromatic heterocycles. The Hall–Kier alpha value is -1.83. The first-order valence-electron chi connectivity index (χ1n) is 8.76. The van der Waals surface area contributed by atoms with E-state index in [2.05, 4.69) is 22.5 Å². The molecule has 0 aliphatic carbocycles. The summed E-state index contributed by atoms with van der Waals surface area (Å²) in [6.45, 7) is 6.00. The van der Waals surface area contributed by atoms with E-state index >= 15 is 0 Å². The zero-order valence-electron chi connectivity index (χ0n) is 14.7. The van der Waals surface area contributed by atoms with E-state index < -0.39 is 0 Å². The summed E-state index contributed by atoms with van der Waals surface area (Å²) in [4.78, 5) is 41.4. The summed E-state index contributed by atoms with van der Waals surface area (Å²) < 4.78 is 0. The standard InChI is InChI=1S/C16H29N5O3/c1-13-5-3-4-6-21(13)15(23)12-19-7-9-20(10-8-19)14(22)11-18-16(24)17-2/h13H,3-12H2,1-2H3,(H2,17,18,24). The molecule has 136 valence electrons. The third-order valence-corrected chi connectivity index (χ3v) is 4.83. The number of piperidine rings is 1. The van der Waals surface area contributed by atoms with Gasteiger partial charge in [-0.15, -0.1) is 0 Å². The Morgan fingerprint density at radius 3 is 2.33 bits per heavy atom. The van der Waals surface area contributed by atoms with E-state index in [0.29, 0.717) is 38.8 Å². The average molecular weight is 339 g/mol. The molecule has 2 heterocycles. The quantitative estimate of drug-likeness (QED) is 0.720. The lowest BCUT2D eigenvalue weighted by atomic mass is 10.0. The number of nitrogens with one attached hydrogen (secondary N) is 2. The second kappa shape index (κ2) is 8.86. The number of amides is 4. The Morgan fingerprint density at radius 1 is 1.00 bits per heavy atom. The number of urea groups is 1. The van der Waals surface area contributed by atoms with Crippen molar-refractivity contribution in [3.63, 3.8) is 0 Å². The molecule has 2 N–H and O–H groups in total. The van der Waals surface area contributed by atoms with E-state index in [9.17, 15) is 14.4 Å². The number of carbonyl (C=O) groups excluding carboxylic acids is 3. The molecule has 8 heteroatoms. The lowest BCUT2D eigenvalue weighted by Gasteiger charge is -2.38. The van der Waals surface area contributed by atoms with Crippen molar-refractivity contribution in [1.82, 2.24) is 25.3 Å². The zero-order valence-corrected chi connectivity index (χ0v) is 14.7. The topological polar surface area (TPSA) is 85.0 Å². The molecule has 0 aromatic carbocycles. The molecule has 0 radical (unpaired) electrons. The molecule has 1 atom stereocenters. The molecule has 8 nitrogen and oxygen atoms in total. The summed E-state index contributed by atoms with van der Waals surface area (Å²) in [5.74, 6) is 0.109. The number of rotatable bonds is 4. The van der Waals surface area contributed by atoms with Gasteiger partial charge in [0.1, 0.15) is 0 Å². The fraction of sp³-hybridized carbons (Fsp3) is 0.812. The number of likely N-dealkylation sites (tertiary alicyclic amines) is 1. The first-order valence-corrected chi connectivity index (χ1v) is 8.76. The highest BCUT2D eigenvalue weighted by atomic mass is 16.2. The Labute approximate surface area is 143 Å². The number of hydrogen-bond acceptors (Lipinski definition) is 4. The molecule has 0 bridgehead atoms. The van der Waals surface area contributed by atoms with Gasteiger partial charge in [-0.3, -0.25) is 14.5 Å². The summed E-state index contributed by atoms with van der Waals surface area (Å²) in [6.07, 6.45) is 3.39. The van der Waals surface area contributed by atoms with E-state index in [1.165, 1.54) is 13.5 Å². The predicted octanol–water partition coefficient (Wildman–Crippen LogP) is -0.539. The fourth-order valence-electron chi connectivity index (χ4n) is 3.26. The Morgan fingerprint density at radius 2 is 1.71 bits per heavy atom. The van der Waals surface area contributed by atoms with Crippen molar-refractivity contribution in [2.75, 3.05) is 52.9 Å². The van der Waals surface area contributed by atoms with Crippen molar-refractivity contribution < 1.29 is 14.4 Å². The van der Waals surface area contributed by atoms with Gasteiger partial charge in [0, 0.05) is 45.8 Å². The van der Waals surface area contributed by atoms with Crippen LogP contribution in [0.1, 0.15) is 26.2 Å². The third-order valence-electron chi connectivity index (χ3n) is 4.83. The summed E-state index contributed by atoms with van der Waals surface area (Å²) in [5.41, 5.74) is 0. The monoisotopic (exact) mass is 339 g/mol. The summed E-state index contributed by atoms with van der Waals surface area (Å²) in [6, 6.07) is -0.0202.